The lowest BCUT2D eigenvalue weighted by Gasteiger charge is -2.72. The van der Waals surface area contributed by atoms with Crippen molar-refractivity contribution in [3.63, 3.8) is 0 Å². The average Bonchev–Trinajstić information content (AvgIpc) is 3.18. The number of rotatable bonds is 4. The average molecular weight is 588 g/mol. The molecular weight excluding hydrogens is 532 g/mol. The predicted octanol–water partition coefficient (Wildman–Crippen LogP) is 4.22. The van der Waals surface area contributed by atoms with Gasteiger partial charge in [-0.3, -0.25) is 0 Å². The number of allylic oxidation sites excluding steroid dienone is 2. The van der Waals surface area contributed by atoms with Crippen LogP contribution in [0.3, 0.4) is 0 Å². The maximum absolute atomic E-state index is 12.8. The molecule has 13 atom stereocenters. The summed E-state index contributed by atoms with van der Waals surface area (Å²) in [6.45, 7) is 16.3. The summed E-state index contributed by atoms with van der Waals surface area (Å²) in [6.07, 6.45) is 8.99. The first-order valence-corrected chi connectivity index (χ1v) is 16.6. The third-order valence-electron chi connectivity index (χ3n) is 14.8. The second kappa shape index (κ2) is 9.75. The van der Waals surface area contributed by atoms with Crippen molar-refractivity contribution >= 4 is 5.97 Å². The second-order valence-electron chi connectivity index (χ2n) is 17.4. The summed E-state index contributed by atoms with van der Waals surface area (Å²) in [4.78, 5) is 12.8. The van der Waals surface area contributed by atoms with E-state index < -0.39 is 36.0 Å². The van der Waals surface area contributed by atoms with E-state index in [0.29, 0.717) is 11.8 Å². The van der Waals surface area contributed by atoms with Crippen molar-refractivity contribution in [3.05, 3.63) is 12.2 Å². The molecule has 238 valence electrons. The van der Waals surface area contributed by atoms with Crippen molar-refractivity contribution in [1.82, 2.24) is 0 Å². The molecule has 5 aliphatic carbocycles. The highest BCUT2D eigenvalue weighted by Gasteiger charge is 2.69. The van der Waals surface area contributed by atoms with Gasteiger partial charge in [0.15, 0.2) is 6.29 Å². The van der Waals surface area contributed by atoms with Crippen LogP contribution < -0.4 is 5.11 Å². The summed E-state index contributed by atoms with van der Waals surface area (Å²) in [5.41, 5.74) is -0.617. The number of aliphatic hydroxyl groups is 3. The minimum absolute atomic E-state index is 0.0200. The molecule has 5 fully saturated rings. The van der Waals surface area contributed by atoms with Crippen LogP contribution in [-0.4, -0.2) is 58.6 Å². The summed E-state index contributed by atoms with van der Waals surface area (Å²) in [6, 6.07) is 0. The number of aliphatic carboxylic acids is 1. The lowest BCUT2D eigenvalue weighted by atomic mass is 9.33. The maximum atomic E-state index is 12.8. The van der Waals surface area contributed by atoms with Crippen molar-refractivity contribution in [3.8, 4) is 0 Å². The second-order valence-corrected chi connectivity index (χ2v) is 17.4. The Bertz CT molecular complexity index is 1120. The number of hydrogen-bond acceptors (Lipinski definition) is 7. The molecule has 6 rings (SSSR count). The molecule has 0 radical (unpaired) electrons. The normalized spacial score (nSPS) is 54.3. The van der Waals surface area contributed by atoms with Crippen molar-refractivity contribution < 1.29 is 34.7 Å². The first-order chi connectivity index (χ1) is 19.5. The Morgan fingerprint density at radius 1 is 0.905 bits per heavy atom. The Morgan fingerprint density at radius 3 is 2.24 bits per heavy atom. The van der Waals surface area contributed by atoms with E-state index in [0.717, 1.165) is 57.8 Å². The first kappa shape index (κ1) is 31.0. The van der Waals surface area contributed by atoms with Gasteiger partial charge < -0.3 is 34.7 Å². The van der Waals surface area contributed by atoms with E-state index in [2.05, 4.69) is 60.6 Å². The van der Waals surface area contributed by atoms with Gasteiger partial charge in [-0.15, -0.1) is 0 Å². The molecule has 7 nitrogen and oxygen atoms in total. The number of aliphatic hydroxyl groups excluding tert-OH is 3. The van der Waals surface area contributed by atoms with Crippen LogP contribution in [0.1, 0.15) is 106 Å². The number of hydrogen-bond donors (Lipinski definition) is 3. The van der Waals surface area contributed by atoms with Crippen LogP contribution in [0.15, 0.2) is 12.2 Å². The SMILES string of the molecule is CC1(C)CC[C@]2(C(=O)[O-])CC[C@]3(C)[C@H](C=C[C@H]4[C@@]5(C)CC[C@H](O[C@H]6O[C@H](CO)[C@@H](O)[C@@H]6O)C(C)(C)[C@@H]5CC[C@]43C)[C@@H]2C1. The molecule has 0 unspecified atom stereocenters. The van der Waals surface area contributed by atoms with Crippen molar-refractivity contribution in [2.24, 2.45) is 56.2 Å². The van der Waals surface area contributed by atoms with Gasteiger partial charge in [0.25, 0.3) is 0 Å². The highest BCUT2D eigenvalue weighted by Crippen LogP contribution is 2.75. The standard InChI is InChI=1S/C35H56O7/c1-30(2)14-16-35(29(39)40)17-15-33(6)20(21(35)18-30)8-9-24-32(5)12-11-25(31(3,4)23(32)10-13-34(24,33)7)42-28-27(38)26(37)22(19-36)41-28/h8-9,20-28,36-38H,10-19H2,1-7H3,(H,39,40)/p-1/t20-,21+,22-,23+,24+,25+,26-,27+,28-,32+,33-,34-,35+/m1/s1. The summed E-state index contributed by atoms with van der Waals surface area (Å²) < 4.78 is 12.2. The molecular formula is C35H55O7-. The van der Waals surface area contributed by atoms with E-state index in [-0.39, 0.29) is 51.6 Å². The van der Waals surface area contributed by atoms with Crippen LogP contribution in [0.25, 0.3) is 0 Å². The fourth-order valence-electron chi connectivity index (χ4n) is 12.0. The lowest BCUT2D eigenvalue weighted by Crippen LogP contribution is -2.67. The predicted molar refractivity (Wildman–Crippen MR) is 157 cm³/mol. The van der Waals surface area contributed by atoms with Gasteiger partial charge in [-0.1, -0.05) is 60.6 Å². The van der Waals surface area contributed by atoms with Gasteiger partial charge >= 0.3 is 0 Å². The van der Waals surface area contributed by atoms with Crippen LogP contribution in [0.5, 0.6) is 0 Å². The number of ether oxygens (including phenoxy) is 2. The van der Waals surface area contributed by atoms with E-state index in [9.17, 15) is 25.2 Å². The Labute approximate surface area is 252 Å². The molecule has 42 heavy (non-hydrogen) atoms. The molecule has 4 saturated carbocycles. The van der Waals surface area contributed by atoms with Crippen LogP contribution in [0, 0.1) is 56.2 Å². The Balaban J connectivity index is 1.30. The molecule has 6 aliphatic rings. The minimum Gasteiger partial charge on any atom is -0.550 e. The van der Waals surface area contributed by atoms with Crippen molar-refractivity contribution in [2.45, 2.75) is 137 Å². The van der Waals surface area contributed by atoms with Gasteiger partial charge in [-0.2, -0.15) is 0 Å². The Kier molecular flexibility index (Phi) is 7.20. The zero-order chi connectivity index (χ0) is 30.7. The van der Waals surface area contributed by atoms with Gasteiger partial charge in [0.2, 0.25) is 0 Å². The lowest BCUT2D eigenvalue weighted by molar-refractivity contribution is -0.332. The van der Waals surface area contributed by atoms with Crippen LogP contribution in [0.4, 0.5) is 0 Å². The van der Waals surface area contributed by atoms with Gasteiger partial charge in [0, 0.05) is 11.4 Å². The number of fused-ring (bicyclic) bond motifs is 7. The van der Waals surface area contributed by atoms with Crippen LogP contribution >= 0.6 is 0 Å². The van der Waals surface area contributed by atoms with E-state index in [1.54, 1.807) is 0 Å². The van der Waals surface area contributed by atoms with Gasteiger partial charge in [-0.05, 0) is 109 Å². The summed E-state index contributed by atoms with van der Waals surface area (Å²) in [5.74, 6) is 0.302. The highest BCUT2D eigenvalue weighted by molar-refractivity contribution is 5.73. The molecule has 0 aromatic rings. The Hall–Kier alpha value is -0.990. The van der Waals surface area contributed by atoms with Gasteiger partial charge in [-0.25, -0.2) is 0 Å². The van der Waals surface area contributed by atoms with Crippen molar-refractivity contribution in [1.29, 1.82) is 0 Å². The highest BCUT2D eigenvalue weighted by atomic mass is 16.7. The largest absolute Gasteiger partial charge is 0.550 e. The van der Waals surface area contributed by atoms with Crippen LogP contribution in [-0.2, 0) is 14.3 Å². The molecule has 0 spiro atoms. The summed E-state index contributed by atoms with van der Waals surface area (Å²) in [7, 11) is 0. The summed E-state index contributed by atoms with van der Waals surface area (Å²) >= 11 is 0. The zero-order valence-corrected chi connectivity index (χ0v) is 26.9. The number of carbonyl (C=O) groups excluding carboxylic acids is 1. The fourth-order valence-corrected chi connectivity index (χ4v) is 12.0. The van der Waals surface area contributed by atoms with Crippen LogP contribution in [0.2, 0.25) is 0 Å². The maximum Gasteiger partial charge on any atom is 0.186 e. The van der Waals surface area contributed by atoms with Gasteiger partial charge in [0.1, 0.15) is 18.3 Å². The molecule has 0 bridgehead atoms. The zero-order valence-electron chi connectivity index (χ0n) is 26.9. The summed E-state index contributed by atoms with van der Waals surface area (Å²) in [5, 5.41) is 43.2. The molecule has 7 heteroatoms. The van der Waals surface area contributed by atoms with Gasteiger partial charge in [0.05, 0.1) is 12.7 Å². The van der Waals surface area contributed by atoms with E-state index in [1.165, 1.54) is 0 Å². The monoisotopic (exact) mass is 587 g/mol. The Morgan fingerprint density at radius 2 is 1.60 bits per heavy atom. The van der Waals surface area contributed by atoms with E-state index in [1.807, 2.05) is 0 Å². The minimum atomic E-state index is -1.18. The van der Waals surface area contributed by atoms with E-state index in [4.69, 9.17) is 9.47 Å². The molecule has 0 aromatic heterocycles. The molecule has 1 saturated heterocycles. The molecule has 0 aromatic carbocycles. The molecule has 0 amide bonds. The number of carboxylic acids is 1. The quantitative estimate of drug-likeness (QED) is 0.422. The molecule has 1 heterocycles. The molecule has 1 aliphatic heterocycles. The third-order valence-corrected chi connectivity index (χ3v) is 14.8. The topological polar surface area (TPSA) is 119 Å². The van der Waals surface area contributed by atoms with E-state index >= 15 is 0 Å². The third kappa shape index (κ3) is 4.05. The number of carboxylic acid groups (broad SMARTS) is 1. The smallest absolute Gasteiger partial charge is 0.186 e. The van der Waals surface area contributed by atoms with Crippen molar-refractivity contribution in [2.75, 3.05) is 6.61 Å². The first-order valence-electron chi connectivity index (χ1n) is 16.6. The fraction of sp³-hybridized carbons (Fsp3) is 0.914. The number of carbonyl (C=O) groups is 1. The molecule has 3 N–H and O–H groups in total.